The van der Waals surface area contributed by atoms with E-state index in [1.54, 1.807) is 11.8 Å². The fraction of sp³-hybridized carbons (Fsp3) is 0.600. The Bertz CT molecular complexity index is 416. The second-order valence-electron chi connectivity index (χ2n) is 5.27. The lowest BCUT2D eigenvalue weighted by Crippen LogP contribution is -2.45. The van der Waals surface area contributed by atoms with Gasteiger partial charge in [-0.1, -0.05) is 25.0 Å². The van der Waals surface area contributed by atoms with Crippen molar-refractivity contribution in [2.24, 2.45) is 5.92 Å². The standard InChI is InChI=1S/C15H20F3NS/c1-20-12-8-6-11(7-9-12)10-19-14-5-3-2-4-13(14)15(16,17)18/h6-9,13-14,19H,2-5,10H2,1H3. The lowest BCUT2D eigenvalue weighted by atomic mass is 9.84. The number of hydrogen-bond donors (Lipinski definition) is 1. The van der Waals surface area contributed by atoms with Gasteiger partial charge in [0.1, 0.15) is 0 Å². The van der Waals surface area contributed by atoms with E-state index in [4.69, 9.17) is 0 Å². The molecule has 0 aliphatic heterocycles. The van der Waals surface area contributed by atoms with Crippen molar-refractivity contribution in [2.75, 3.05) is 6.26 Å². The Hall–Kier alpha value is -0.680. The molecular weight excluding hydrogens is 283 g/mol. The number of nitrogens with one attached hydrogen (secondary N) is 1. The Kier molecular flexibility index (Phi) is 5.38. The van der Waals surface area contributed by atoms with E-state index in [2.05, 4.69) is 5.32 Å². The van der Waals surface area contributed by atoms with E-state index < -0.39 is 18.1 Å². The van der Waals surface area contributed by atoms with Gasteiger partial charge in [0.2, 0.25) is 0 Å². The Balaban J connectivity index is 1.93. The van der Waals surface area contributed by atoms with Gasteiger partial charge in [0.25, 0.3) is 0 Å². The third-order valence-corrected chi connectivity index (χ3v) is 4.66. The first-order valence-electron chi connectivity index (χ1n) is 6.93. The van der Waals surface area contributed by atoms with Gasteiger partial charge in [0.05, 0.1) is 5.92 Å². The quantitative estimate of drug-likeness (QED) is 0.815. The zero-order chi connectivity index (χ0) is 14.6. The monoisotopic (exact) mass is 303 g/mol. The Morgan fingerprint density at radius 1 is 1.15 bits per heavy atom. The van der Waals surface area contributed by atoms with Crippen molar-refractivity contribution in [1.29, 1.82) is 0 Å². The first kappa shape index (κ1) is 15.7. The number of rotatable bonds is 4. The fourth-order valence-corrected chi connectivity index (χ4v) is 3.17. The molecule has 112 valence electrons. The lowest BCUT2D eigenvalue weighted by molar-refractivity contribution is -0.189. The highest BCUT2D eigenvalue weighted by Gasteiger charge is 2.45. The van der Waals surface area contributed by atoms with Crippen molar-refractivity contribution in [3.63, 3.8) is 0 Å². The van der Waals surface area contributed by atoms with E-state index >= 15 is 0 Å². The molecule has 2 rings (SSSR count). The maximum atomic E-state index is 13.0. The summed E-state index contributed by atoms with van der Waals surface area (Å²) in [6.45, 7) is 0.506. The summed E-state index contributed by atoms with van der Waals surface area (Å²) >= 11 is 1.66. The SMILES string of the molecule is CSc1ccc(CNC2CCCCC2C(F)(F)F)cc1. The molecule has 1 nitrogen and oxygen atoms in total. The van der Waals surface area contributed by atoms with E-state index in [-0.39, 0.29) is 6.42 Å². The van der Waals surface area contributed by atoms with Crippen LogP contribution in [0.1, 0.15) is 31.2 Å². The minimum absolute atomic E-state index is 0.257. The average molecular weight is 303 g/mol. The van der Waals surface area contributed by atoms with Gasteiger partial charge < -0.3 is 5.32 Å². The number of alkyl halides is 3. The summed E-state index contributed by atoms with van der Waals surface area (Å²) in [5.74, 6) is -1.19. The molecule has 0 radical (unpaired) electrons. The summed E-state index contributed by atoms with van der Waals surface area (Å²) in [4.78, 5) is 1.17. The molecule has 1 aliphatic rings. The number of hydrogen-bond acceptors (Lipinski definition) is 2. The summed E-state index contributed by atoms with van der Waals surface area (Å²) in [7, 11) is 0. The molecule has 0 saturated heterocycles. The summed E-state index contributed by atoms with van der Waals surface area (Å²) < 4.78 is 38.9. The van der Waals surface area contributed by atoms with Gasteiger partial charge in [-0.2, -0.15) is 13.2 Å². The van der Waals surface area contributed by atoms with Crippen LogP contribution in [0.2, 0.25) is 0 Å². The predicted molar refractivity (Wildman–Crippen MR) is 76.9 cm³/mol. The molecule has 0 bridgehead atoms. The zero-order valence-electron chi connectivity index (χ0n) is 11.5. The third-order valence-electron chi connectivity index (χ3n) is 3.91. The van der Waals surface area contributed by atoms with Crippen LogP contribution in [0.3, 0.4) is 0 Å². The zero-order valence-corrected chi connectivity index (χ0v) is 12.4. The Labute approximate surface area is 122 Å². The molecule has 2 atom stereocenters. The second kappa shape index (κ2) is 6.85. The van der Waals surface area contributed by atoms with Crippen LogP contribution in [-0.2, 0) is 6.54 Å². The molecule has 0 aromatic heterocycles. The van der Waals surface area contributed by atoms with Crippen molar-refractivity contribution in [3.8, 4) is 0 Å². The van der Waals surface area contributed by atoms with Crippen molar-refractivity contribution < 1.29 is 13.2 Å². The van der Waals surface area contributed by atoms with E-state index in [1.807, 2.05) is 30.5 Å². The molecule has 1 aromatic carbocycles. The lowest BCUT2D eigenvalue weighted by Gasteiger charge is -2.33. The summed E-state index contributed by atoms with van der Waals surface area (Å²) in [5, 5.41) is 3.11. The first-order chi connectivity index (χ1) is 9.50. The van der Waals surface area contributed by atoms with Crippen LogP contribution in [-0.4, -0.2) is 18.5 Å². The molecule has 5 heteroatoms. The van der Waals surface area contributed by atoms with E-state index in [0.29, 0.717) is 19.4 Å². The van der Waals surface area contributed by atoms with Crippen LogP contribution in [0.4, 0.5) is 13.2 Å². The van der Waals surface area contributed by atoms with Gasteiger partial charge in [-0.15, -0.1) is 11.8 Å². The highest BCUT2D eigenvalue weighted by atomic mass is 32.2. The van der Waals surface area contributed by atoms with E-state index in [0.717, 1.165) is 12.0 Å². The smallest absolute Gasteiger partial charge is 0.309 e. The molecule has 1 aromatic rings. The van der Waals surface area contributed by atoms with Gasteiger partial charge in [0.15, 0.2) is 0 Å². The minimum atomic E-state index is -4.08. The fourth-order valence-electron chi connectivity index (χ4n) is 2.76. The van der Waals surface area contributed by atoms with Crippen LogP contribution in [0, 0.1) is 5.92 Å². The maximum Gasteiger partial charge on any atom is 0.393 e. The molecular formula is C15H20F3NS. The topological polar surface area (TPSA) is 12.0 Å². The van der Waals surface area contributed by atoms with Crippen molar-refractivity contribution in [2.45, 2.75) is 49.3 Å². The molecule has 1 saturated carbocycles. The molecule has 1 aliphatic carbocycles. The first-order valence-corrected chi connectivity index (χ1v) is 8.16. The normalized spacial score (nSPS) is 23.8. The Morgan fingerprint density at radius 2 is 1.80 bits per heavy atom. The summed E-state index contributed by atoms with van der Waals surface area (Å²) in [6, 6.07) is 7.52. The van der Waals surface area contributed by atoms with Crippen LogP contribution >= 0.6 is 11.8 Å². The molecule has 0 amide bonds. The van der Waals surface area contributed by atoms with Gasteiger partial charge in [-0.05, 0) is 36.8 Å². The van der Waals surface area contributed by atoms with Gasteiger partial charge in [0, 0.05) is 17.5 Å². The molecule has 0 spiro atoms. The maximum absolute atomic E-state index is 13.0. The molecule has 20 heavy (non-hydrogen) atoms. The van der Waals surface area contributed by atoms with Gasteiger partial charge >= 0.3 is 6.18 Å². The molecule has 1 fully saturated rings. The van der Waals surface area contributed by atoms with Crippen LogP contribution in [0.15, 0.2) is 29.2 Å². The van der Waals surface area contributed by atoms with Crippen molar-refractivity contribution in [1.82, 2.24) is 5.32 Å². The molecule has 1 N–H and O–H groups in total. The summed E-state index contributed by atoms with van der Waals surface area (Å²) in [6.07, 6.45) is 0.365. The van der Waals surface area contributed by atoms with Crippen LogP contribution in [0.5, 0.6) is 0 Å². The third kappa shape index (κ3) is 4.16. The highest BCUT2D eigenvalue weighted by molar-refractivity contribution is 7.98. The van der Waals surface area contributed by atoms with Gasteiger partial charge in [-0.25, -0.2) is 0 Å². The highest BCUT2D eigenvalue weighted by Crippen LogP contribution is 2.37. The van der Waals surface area contributed by atoms with Crippen molar-refractivity contribution >= 4 is 11.8 Å². The number of halogens is 3. The second-order valence-corrected chi connectivity index (χ2v) is 6.15. The van der Waals surface area contributed by atoms with Crippen molar-refractivity contribution in [3.05, 3.63) is 29.8 Å². The number of benzene rings is 1. The molecule has 2 unspecified atom stereocenters. The van der Waals surface area contributed by atoms with E-state index in [1.165, 1.54) is 4.90 Å². The van der Waals surface area contributed by atoms with E-state index in [9.17, 15) is 13.2 Å². The van der Waals surface area contributed by atoms with Crippen LogP contribution in [0.25, 0.3) is 0 Å². The van der Waals surface area contributed by atoms with Gasteiger partial charge in [-0.3, -0.25) is 0 Å². The predicted octanol–water partition coefficient (Wildman–Crippen LogP) is 4.62. The number of thioether (sulfide) groups is 1. The molecule has 0 heterocycles. The Morgan fingerprint density at radius 3 is 2.40 bits per heavy atom. The van der Waals surface area contributed by atoms with Crippen LogP contribution < -0.4 is 5.32 Å². The average Bonchev–Trinajstić information content (AvgIpc) is 2.45. The largest absolute Gasteiger partial charge is 0.393 e. The minimum Gasteiger partial charge on any atom is -0.309 e. The summed E-state index contributed by atoms with van der Waals surface area (Å²) in [5.41, 5.74) is 1.04.